The molecule has 3 rings (SSSR count). The minimum Gasteiger partial charge on any atom is -0.345 e. The van der Waals surface area contributed by atoms with Crippen LogP contribution in [0.15, 0.2) is 58.6 Å². The topological polar surface area (TPSA) is 62.8 Å². The summed E-state index contributed by atoms with van der Waals surface area (Å²) in [7, 11) is -4.30. The third-order valence-electron chi connectivity index (χ3n) is 3.17. The maximum absolute atomic E-state index is 13.2. The molecule has 0 spiro atoms. The van der Waals surface area contributed by atoms with Gasteiger partial charge in [-0.25, -0.2) is 13.4 Å². The van der Waals surface area contributed by atoms with Crippen molar-refractivity contribution in [1.29, 1.82) is 0 Å². The number of nitrogens with one attached hydrogen (secondary N) is 1. The highest BCUT2D eigenvalue weighted by Gasteiger charge is 2.38. The van der Waals surface area contributed by atoms with E-state index in [1.807, 2.05) is 0 Å². The predicted octanol–water partition coefficient (Wildman–Crippen LogP) is 3.41. The van der Waals surface area contributed by atoms with Gasteiger partial charge in [-0.15, -0.1) is 0 Å². The van der Waals surface area contributed by atoms with E-state index in [1.54, 1.807) is 6.07 Å². The monoisotopic (exact) mass is 326 g/mol. The molecule has 0 amide bonds. The molecule has 0 bridgehead atoms. The van der Waals surface area contributed by atoms with Gasteiger partial charge in [-0.1, -0.05) is 18.2 Å². The second-order valence-corrected chi connectivity index (χ2v) is 6.50. The van der Waals surface area contributed by atoms with Crippen LogP contribution in [-0.2, 0) is 16.0 Å². The number of hydrogen-bond acceptors (Lipinski definition) is 3. The maximum atomic E-state index is 13.2. The normalized spacial score (nSPS) is 12.7. The van der Waals surface area contributed by atoms with Crippen LogP contribution in [0.2, 0.25) is 0 Å². The van der Waals surface area contributed by atoms with Crippen molar-refractivity contribution in [3.8, 4) is 0 Å². The number of aromatic nitrogens is 2. The minimum absolute atomic E-state index is 0.124. The molecule has 0 saturated carbocycles. The van der Waals surface area contributed by atoms with Crippen molar-refractivity contribution in [2.24, 2.45) is 0 Å². The smallest absolute Gasteiger partial charge is 0.345 e. The number of sulfone groups is 1. The van der Waals surface area contributed by atoms with Crippen LogP contribution in [0.4, 0.5) is 13.2 Å². The Kier molecular flexibility index (Phi) is 3.21. The summed E-state index contributed by atoms with van der Waals surface area (Å²) in [6.45, 7) is 0. The average molecular weight is 326 g/mol. The molecule has 2 aromatic carbocycles. The van der Waals surface area contributed by atoms with Crippen molar-refractivity contribution in [3.05, 3.63) is 54.4 Å². The van der Waals surface area contributed by atoms with Gasteiger partial charge in [0.05, 0.1) is 32.7 Å². The number of aromatic amines is 1. The van der Waals surface area contributed by atoms with Gasteiger partial charge in [-0.05, 0) is 24.3 Å². The van der Waals surface area contributed by atoms with Crippen molar-refractivity contribution in [3.63, 3.8) is 0 Å². The SMILES string of the molecule is O=S(=O)(c1ccccc1)c1cc2nc[nH]c2cc1C(F)(F)F. The fraction of sp³-hybridized carbons (Fsp3) is 0.0714. The molecule has 0 atom stereocenters. The molecule has 0 aliphatic rings. The second kappa shape index (κ2) is 4.84. The van der Waals surface area contributed by atoms with Crippen LogP contribution >= 0.6 is 0 Å². The highest BCUT2D eigenvalue weighted by molar-refractivity contribution is 7.91. The molecule has 0 fully saturated rings. The van der Waals surface area contributed by atoms with Crippen LogP contribution in [0.1, 0.15) is 5.56 Å². The number of benzene rings is 2. The van der Waals surface area contributed by atoms with Gasteiger partial charge < -0.3 is 4.98 Å². The summed E-state index contributed by atoms with van der Waals surface area (Å²) in [6, 6.07) is 8.70. The first-order valence-corrected chi connectivity index (χ1v) is 7.63. The maximum Gasteiger partial charge on any atom is 0.417 e. The van der Waals surface area contributed by atoms with Gasteiger partial charge in [0.25, 0.3) is 0 Å². The molecule has 1 N–H and O–H groups in total. The van der Waals surface area contributed by atoms with E-state index < -0.39 is 26.5 Å². The van der Waals surface area contributed by atoms with Gasteiger partial charge in [-0.2, -0.15) is 13.2 Å². The lowest BCUT2D eigenvalue weighted by Crippen LogP contribution is -2.13. The highest BCUT2D eigenvalue weighted by atomic mass is 32.2. The molecule has 22 heavy (non-hydrogen) atoms. The van der Waals surface area contributed by atoms with Crippen molar-refractivity contribution in [2.45, 2.75) is 16.0 Å². The van der Waals surface area contributed by atoms with Crippen molar-refractivity contribution in [1.82, 2.24) is 9.97 Å². The van der Waals surface area contributed by atoms with E-state index in [4.69, 9.17) is 0 Å². The first-order chi connectivity index (χ1) is 10.3. The fourth-order valence-corrected chi connectivity index (χ4v) is 3.63. The van der Waals surface area contributed by atoms with E-state index in [0.717, 1.165) is 12.1 Å². The molecular formula is C14H9F3N2O2S. The number of halogens is 3. The van der Waals surface area contributed by atoms with Crippen LogP contribution in [0, 0.1) is 0 Å². The van der Waals surface area contributed by atoms with Crippen LogP contribution in [-0.4, -0.2) is 18.4 Å². The molecule has 4 nitrogen and oxygen atoms in total. The molecule has 0 radical (unpaired) electrons. The molecule has 114 valence electrons. The Labute approximate surface area is 123 Å². The Morgan fingerprint density at radius 3 is 2.36 bits per heavy atom. The van der Waals surface area contributed by atoms with E-state index in [-0.39, 0.29) is 15.9 Å². The summed E-state index contributed by atoms with van der Waals surface area (Å²) in [4.78, 5) is 5.37. The Balaban J connectivity index is 2.34. The van der Waals surface area contributed by atoms with Crippen LogP contribution < -0.4 is 0 Å². The summed E-state index contributed by atoms with van der Waals surface area (Å²) in [6.07, 6.45) is -3.58. The summed E-state index contributed by atoms with van der Waals surface area (Å²) < 4.78 is 64.7. The number of rotatable bonds is 2. The standard InChI is InChI=1S/C14H9F3N2O2S/c15-14(16,17)10-6-11-12(19-8-18-11)7-13(10)22(20,21)9-4-2-1-3-5-9/h1-8H,(H,18,19). The zero-order chi connectivity index (χ0) is 16.0. The summed E-state index contributed by atoms with van der Waals surface area (Å²) >= 11 is 0. The van der Waals surface area contributed by atoms with Crippen LogP contribution in [0.3, 0.4) is 0 Å². The third-order valence-corrected chi connectivity index (χ3v) is 4.98. The Hall–Kier alpha value is -2.35. The largest absolute Gasteiger partial charge is 0.417 e. The van der Waals surface area contributed by atoms with Gasteiger partial charge >= 0.3 is 6.18 Å². The lowest BCUT2D eigenvalue weighted by molar-refractivity contribution is -0.139. The van der Waals surface area contributed by atoms with E-state index in [2.05, 4.69) is 9.97 Å². The second-order valence-electron chi connectivity index (χ2n) is 4.58. The van der Waals surface area contributed by atoms with Crippen molar-refractivity contribution in [2.75, 3.05) is 0 Å². The van der Waals surface area contributed by atoms with Gasteiger partial charge in [0.1, 0.15) is 0 Å². The molecular weight excluding hydrogens is 317 g/mol. The zero-order valence-electron chi connectivity index (χ0n) is 10.9. The van der Waals surface area contributed by atoms with Crippen molar-refractivity contribution < 1.29 is 21.6 Å². The summed E-state index contributed by atoms with van der Waals surface area (Å²) in [5, 5.41) is 0. The summed E-state index contributed by atoms with van der Waals surface area (Å²) in [5.41, 5.74) is -0.935. The molecule has 1 aromatic heterocycles. The molecule has 0 saturated heterocycles. The van der Waals surface area contributed by atoms with Crippen LogP contribution in [0.5, 0.6) is 0 Å². The fourth-order valence-electron chi connectivity index (χ4n) is 2.13. The Bertz CT molecular complexity index is 932. The third kappa shape index (κ3) is 2.35. The highest BCUT2D eigenvalue weighted by Crippen LogP contribution is 2.38. The van der Waals surface area contributed by atoms with Gasteiger partial charge in [0.15, 0.2) is 0 Å². The molecule has 0 aliphatic heterocycles. The van der Waals surface area contributed by atoms with E-state index in [1.165, 1.54) is 30.6 Å². The molecule has 0 aliphatic carbocycles. The first kappa shape index (κ1) is 14.6. The lowest BCUT2D eigenvalue weighted by atomic mass is 10.2. The zero-order valence-corrected chi connectivity index (χ0v) is 11.7. The number of imidazole rings is 1. The molecule has 1 heterocycles. The first-order valence-electron chi connectivity index (χ1n) is 6.14. The molecule has 0 unspecified atom stereocenters. The number of H-pyrrole nitrogens is 1. The van der Waals surface area contributed by atoms with Crippen molar-refractivity contribution >= 4 is 20.9 Å². The predicted molar refractivity (Wildman–Crippen MR) is 73.0 cm³/mol. The van der Waals surface area contributed by atoms with Gasteiger partial charge in [0.2, 0.25) is 9.84 Å². The van der Waals surface area contributed by atoms with E-state index >= 15 is 0 Å². The number of alkyl halides is 3. The average Bonchev–Trinajstić information content (AvgIpc) is 2.93. The molecule has 8 heteroatoms. The number of hydrogen-bond donors (Lipinski definition) is 1. The van der Waals surface area contributed by atoms with Gasteiger partial charge in [0, 0.05) is 0 Å². The Morgan fingerprint density at radius 2 is 1.73 bits per heavy atom. The number of fused-ring (bicyclic) bond motifs is 1. The van der Waals surface area contributed by atoms with E-state index in [9.17, 15) is 21.6 Å². The Morgan fingerprint density at radius 1 is 1.05 bits per heavy atom. The lowest BCUT2D eigenvalue weighted by Gasteiger charge is -2.13. The molecule has 3 aromatic rings. The quantitative estimate of drug-likeness (QED) is 0.785. The van der Waals surface area contributed by atoms with E-state index in [0.29, 0.717) is 0 Å². The summed E-state index contributed by atoms with van der Waals surface area (Å²) in [5.74, 6) is 0. The van der Waals surface area contributed by atoms with Gasteiger partial charge in [-0.3, -0.25) is 0 Å². The number of nitrogens with zero attached hydrogens (tertiary/aromatic N) is 1. The minimum atomic E-state index is -4.80. The van der Waals surface area contributed by atoms with Crippen LogP contribution in [0.25, 0.3) is 11.0 Å².